The number of fused-ring (bicyclic) bond motifs is 2. The fourth-order valence-corrected chi connectivity index (χ4v) is 10.6. The number of ketones is 1. The second-order valence-corrected chi connectivity index (χ2v) is 19.7. The summed E-state index contributed by atoms with van der Waals surface area (Å²) in [5.74, 6) is 1.09. The molecule has 1 aliphatic carbocycles. The van der Waals surface area contributed by atoms with Crippen molar-refractivity contribution in [2.75, 3.05) is 0 Å². The van der Waals surface area contributed by atoms with Crippen molar-refractivity contribution in [3.05, 3.63) is 106 Å². The standard InChI is InChI=1S/C40H41F3S.C13H24O2.Ir/c1-23-19-28(26-15-17-39(7,8)18-16-26)20-24(2)34(23)36-25(3)35-32(40(41,42)43)14-13-31(37(35)44-36)29-21-27-11-9-10-12-30(27)33(22-29)38(4,5)6;1-5-10(6-2)12(14)9-13(15)11(7-3)8-4;/h9-12,14,19-20,22,26H,15-18H2,1-8H3;9-11,14H,5-8H2,1-4H3;/q-2;;/b;12-9-;. The average molecular weight is 1020 g/mol. The summed E-state index contributed by atoms with van der Waals surface area (Å²) >= 11 is 1.47. The summed E-state index contributed by atoms with van der Waals surface area (Å²) < 4.78 is 44.2. The fourth-order valence-electron chi connectivity index (χ4n) is 9.05. The van der Waals surface area contributed by atoms with Gasteiger partial charge < -0.3 is 5.11 Å². The smallest absolute Gasteiger partial charge is 0.382 e. The molecule has 0 unspecified atom stereocenters. The number of aliphatic hydroxyl groups excluding tert-OH is 1. The summed E-state index contributed by atoms with van der Waals surface area (Å²) in [7, 11) is 0. The van der Waals surface area contributed by atoms with Gasteiger partial charge in [0.15, 0.2) is 5.78 Å². The van der Waals surface area contributed by atoms with E-state index in [1.54, 1.807) is 0 Å². The molecular weight excluding hydrogens is 950 g/mol. The first-order chi connectivity index (χ1) is 27.6. The van der Waals surface area contributed by atoms with Crippen LogP contribution in [0.15, 0.2) is 60.4 Å². The van der Waals surface area contributed by atoms with Crippen molar-refractivity contribution in [1.82, 2.24) is 0 Å². The number of hydrogen-bond acceptors (Lipinski definition) is 3. The number of thiophene rings is 1. The second-order valence-electron chi connectivity index (χ2n) is 18.7. The van der Waals surface area contributed by atoms with Gasteiger partial charge in [0.1, 0.15) is 0 Å². The maximum absolute atomic E-state index is 14.5. The van der Waals surface area contributed by atoms with Crippen molar-refractivity contribution in [2.45, 2.75) is 152 Å². The quantitative estimate of drug-likeness (QED) is 0.0860. The number of rotatable bonds is 10. The molecule has 60 heavy (non-hydrogen) atoms. The molecule has 0 aliphatic heterocycles. The van der Waals surface area contributed by atoms with Crippen LogP contribution < -0.4 is 0 Å². The van der Waals surface area contributed by atoms with E-state index < -0.39 is 11.7 Å². The molecule has 0 amide bonds. The van der Waals surface area contributed by atoms with E-state index in [2.05, 4.69) is 84.9 Å². The molecule has 4 aromatic carbocycles. The topological polar surface area (TPSA) is 37.3 Å². The van der Waals surface area contributed by atoms with Gasteiger partial charge in [-0.1, -0.05) is 108 Å². The Bertz CT molecular complexity index is 2280. The second kappa shape index (κ2) is 19.9. The van der Waals surface area contributed by atoms with Crippen molar-refractivity contribution in [3.8, 4) is 21.6 Å². The Hall–Kier alpha value is -3.25. The van der Waals surface area contributed by atoms with E-state index in [1.165, 1.54) is 48.7 Å². The largest absolute Gasteiger partial charge is 0.512 e. The number of carbonyl (C=O) groups excluding carboxylic acids is 1. The van der Waals surface area contributed by atoms with Gasteiger partial charge in [-0.3, -0.25) is 4.79 Å². The third kappa shape index (κ3) is 10.8. The Balaban J connectivity index is 0.000000425. The summed E-state index contributed by atoms with van der Waals surface area (Å²) in [6.45, 7) is 25.4. The molecule has 1 aliphatic rings. The third-order valence-electron chi connectivity index (χ3n) is 12.8. The molecule has 7 heteroatoms. The Morgan fingerprint density at radius 1 is 0.900 bits per heavy atom. The number of hydrogen-bond donors (Lipinski definition) is 1. The van der Waals surface area contributed by atoms with Crippen molar-refractivity contribution < 1.29 is 43.2 Å². The number of aryl methyl sites for hydroxylation is 3. The zero-order valence-electron chi connectivity index (χ0n) is 37.8. The molecular formula is C53H65F3IrO2S-2. The molecule has 1 heterocycles. The number of carbonyl (C=O) groups is 1. The van der Waals surface area contributed by atoms with E-state index in [9.17, 15) is 23.1 Å². The minimum absolute atomic E-state index is 0. The zero-order valence-corrected chi connectivity index (χ0v) is 41.0. The Morgan fingerprint density at radius 2 is 1.47 bits per heavy atom. The number of halogens is 3. The minimum atomic E-state index is -4.48. The molecule has 2 nitrogen and oxygen atoms in total. The van der Waals surface area contributed by atoms with Crippen LogP contribution in [-0.4, -0.2) is 10.9 Å². The van der Waals surface area contributed by atoms with Crippen LogP contribution in [0.2, 0.25) is 0 Å². The van der Waals surface area contributed by atoms with Gasteiger partial charge in [-0.2, -0.15) is 53.8 Å². The monoisotopic (exact) mass is 1020 g/mol. The molecule has 0 bridgehead atoms. The summed E-state index contributed by atoms with van der Waals surface area (Å²) in [5, 5.41) is 12.1. The Morgan fingerprint density at radius 3 is 2.00 bits per heavy atom. The molecule has 0 spiro atoms. The number of alkyl halides is 3. The van der Waals surface area contributed by atoms with Crippen LogP contribution in [0.25, 0.3) is 42.4 Å². The van der Waals surface area contributed by atoms with Crippen LogP contribution in [0.4, 0.5) is 13.2 Å². The molecule has 1 saturated carbocycles. The number of allylic oxidation sites excluding steroid dienone is 2. The van der Waals surface area contributed by atoms with E-state index >= 15 is 0 Å². The Kier molecular flexibility index (Phi) is 16.3. The maximum Gasteiger partial charge on any atom is 0.382 e. The van der Waals surface area contributed by atoms with Crippen molar-refractivity contribution in [1.29, 1.82) is 0 Å². The predicted octanol–water partition coefficient (Wildman–Crippen LogP) is 16.8. The summed E-state index contributed by atoms with van der Waals surface area (Å²) in [6.07, 6.45) is 5.22. The normalized spacial score (nSPS) is 15.1. The average Bonchev–Trinajstić information content (AvgIpc) is 3.50. The third-order valence-corrected chi connectivity index (χ3v) is 14.2. The van der Waals surface area contributed by atoms with Crippen LogP contribution in [0.5, 0.6) is 0 Å². The molecule has 6 rings (SSSR count). The molecule has 5 aromatic rings. The molecule has 1 fully saturated rings. The molecule has 1 radical (unpaired) electrons. The fraction of sp³-hybridized carbons (Fsp3) is 0.491. The van der Waals surface area contributed by atoms with Gasteiger partial charge in [0.05, 0.1) is 5.76 Å². The van der Waals surface area contributed by atoms with E-state index in [1.807, 2.05) is 52.8 Å². The minimum Gasteiger partial charge on any atom is -0.512 e. The van der Waals surface area contributed by atoms with Crippen molar-refractivity contribution in [2.24, 2.45) is 17.3 Å². The molecule has 1 N–H and O–H groups in total. The van der Waals surface area contributed by atoms with E-state index in [4.69, 9.17) is 0 Å². The number of benzene rings is 4. The summed E-state index contributed by atoms with van der Waals surface area (Å²) in [5.41, 5.74) is 7.59. The molecule has 327 valence electrons. The first-order valence-corrected chi connectivity index (χ1v) is 22.5. The number of aliphatic hydroxyl groups is 1. The first kappa shape index (κ1) is 49.4. The van der Waals surface area contributed by atoms with E-state index in [0.717, 1.165) is 75.2 Å². The molecule has 1 aromatic heterocycles. The summed E-state index contributed by atoms with van der Waals surface area (Å²) in [4.78, 5) is 12.6. The zero-order chi connectivity index (χ0) is 43.6. The molecule has 0 saturated heterocycles. The maximum atomic E-state index is 14.5. The SMILES string of the molecule is CCC(CC)C(=O)/C=C(\O)C(CC)CC.Cc1cc(C2CCC(C)(C)CC2)cc(C)c1-c1sc2c(-c3[c-]c4ccccc4c(C(C)(C)C)c3)[c-]cc(C(F)(F)F)c2c1C.[Ir]. The predicted molar refractivity (Wildman–Crippen MR) is 245 cm³/mol. The van der Waals surface area contributed by atoms with Gasteiger partial charge in [-0.05, 0) is 122 Å². The summed E-state index contributed by atoms with van der Waals surface area (Å²) in [6, 6.07) is 22.6. The van der Waals surface area contributed by atoms with Crippen LogP contribution >= 0.6 is 11.3 Å². The van der Waals surface area contributed by atoms with Crippen LogP contribution in [0.1, 0.15) is 153 Å². The first-order valence-electron chi connectivity index (χ1n) is 21.7. The van der Waals surface area contributed by atoms with Gasteiger partial charge in [0.2, 0.25) is 0 Å². The van der Waals surface area contributed by atoms with Gasteiger partial charge in [-0.15, -0.1) is 23.1 Å². The van der Waals surface area contributed by atoms with E-state index in [0.29, 0.717) is 27.2 Å². The van der Waals surface area contributed by atoms with Gasteiger partial charge >= 0.3 is 6.18 Å². The van der Waals surface area contributed by atoms with E-state index in [-0.39, 0.29) is 54.3 Å². The van der Waals surface area contributed by atoms with Gasteiger partial charge in [-0.25, -0.2) is 0 Å². The molecule has 0 atom stereocenters. The van der Waals surface area contributed by atoms with Gasteiger partial charge in [0.25, 0.3) is 0 Å². The van der Waals surface area contributed by atoms with Crippen LogP contribution in [0.3, 0.4) is 0 Å². The van der Waals surface area contributed by atoms with Crippen LogP contribution in [0, 0.1) is 50.2 Å². The van der Waals surface area contributed by atoms with Crippen LogP contribution in [-0.2, 0) is 36.5 Å². The Labute approximate surface area is 375 Å². The van der Waals surface area contributed by atoms with Gasteiger partial charge in [0, 0.05) is 42.9 Å². The van der Waals surface area contributed by atoms with Crippen molar-refractivity contribution in [3.63, 3.8) is 0 Å². The van der Waals surface area contributed by atoms with Crippen molar-refractivity contribution >= 4 is 38.0 Å².